The van der Waals surface area contributed by atoms with Crippen molar-refractivity contribution in [1.29, 1.82) is 0 Å². The molecule has 0 N–H and O–H groups in total. The van der Waals surface area contributed by atoms with E-state index < -0.39 is 0 Å². The number of thioether (sulfide) groups is 1. The van der Waals surface area contributed by atoms with Crippen molar-refractivity contribution in [1.82, 2.24) is 9.88 Å². The number of aryl methyl sites for hydroxylation is 1. The molecule has 7 heteroatoms. The first-order chi connectivity index (χ1) is 14.7. The molecular formula is C23H25N3O3S. The molecule has 1 amide bonds. The molecule has 2 aliphatic heterocycles. The number of carbonyl (C=O) groups excluding carboxylic acids is 1. The van der Waals surface area contributed by atoms with Crippen LogP contribution in [0.25, 0.3) is 6.08 Å². The number of hydrogen-bond donors (Lipinski definition) is 0. The zero-order chi connectivity index (χ0) is 20.8. The van der Waals surface area contributed by atoms with E-state index in [4.69, 9.17) is 9.47 Å². The molecule has 1 saturated heterocycles. The molecule has 0 bridgehead atoms. The van der Waals surface area contributed by atoms with Crippen LogP contribution < -0.4 is 4.74 Å². The molecule has 156 valence electrons. The Balaban J connectivity index is 1.29. The lowest BCUT2D eigenvalue weighted by Crippen LogP contribution is -2.38. The summed E-state index contributed by atoms with van der Waals surface area (Å²) in [5.41, 5.74) is 3.22. The fourth-order valence-electron chi connectivity index (χ4n) is 3.19. The summed E-state index contributed by atoms with van der Waals surface area (Å²) in [6.07, 6.45) is 5.57. The van der Waals surface area contributed by atoms with Gasteiger partial charge >= 0.3 is 0 Å². The number of carbonyl (C=O) groups is 1. The molecular weight excluding hydrogens is 398 g/mol. The van der Waals surface area contributed by atoms with Gasteiger partial charge in [0.25, 0.3) is 5.91 Å². The van der Waals surface area contributed by atoms with Crippen molar-refractivity contribution in [3.63, 3.8) is 0 Å². The molecule has 1 aromatic carbocycles. The fraction of sp³-hybridized carbons (Fsp3) is 0.348. The third kappa shape index (κ3) is 5.29. The summed E-state index contributed by atoms with van der Waals surface area (Å²) < 4.78 is 11.2. The van der Waals surface area contributed by atoms with Gasteiger partial charge in [-0.15, -0.1) is 0 Å². The predicted octanol–water partition coefficient (Wildman–Crippen LogP) is 3.57. The van der Waals surface area contributed by atoms with Crippen molar-refractivity contribution < 1.29 is 14.3 Å². The standard InChI is InChI=1S/C23H25N3O3S/c1-2-17-3-6-19(24-16-17)9-12-29-20-7-4-18(5-8-20)15-21-22(27)25-23(30-21)26-10-13-28-14-11-26/h3-8,15-16H,2,9-14H2,1H3/b21-15-. The van der Waals surface area contributed by atoms with E-state index in [9.17, 15) is 4.79 Å². The average molecular weight is 424 g/mol. The largest absolute Gasteiger partial charge is 0.493 e. The van der Waals surface area contributed by atoms with Gasteiger partial charge in [0.05, 0.1) is 24.7 Å². The summed E-state index contributed by atoms with van der Waals surface area (Å²) in [5, 5.41) is 0.773. The van der Waals surface area contributed by atoms with Crippen LogP contribution in [0.1, 0.15) is 23.7 Å². The number of ether oxygens (including phenoxy) is 2. The second-order valence-electron chi connectivity index (χ2n) is 7.09. The van der Waals surface area contributed by atoms with Crippen LogP contribution >= 0.6 is 11.8 Å². The topological polar surface area (TPSA) is 64.0 Å². The molecule has 4 rings (SSSR count). The Morgan fingerprint density at radius 2 is 1.97 bits per heavy atom. The maximum absolute atomic E-state index is 12.2. The molecule has 0 unspecified atom stereocenters. The molecule has 0 spiro atoms. The normalized spacial score (nSPS) is 18.0. The van der Waals surface area contributed by atoms with Gasteiger partial charge in [-0.05, 0) is 53.6 Å². The van der Waals surface area contributed by atoms with Crippen LogP contribution in [-0.2, 0) is 22.4 Å². The van der Waals surface area contributed by atoms with Crippen molar-refractivity contribution in [2.45, 2.75) is 19.8 Å². The number of benzene rings is 1. The SMILES string of the molecule is CCc1ccc(CCOc2ccc(/C=C3\SC(N4CCOCC4)=NC3=O)cc2)nc1. The Morgan fingerprint density at radius 1 is 1.17 bits per heavy atom. The van der Waals surface area contributed by atoms with Crippen molar-refractivity contribution in [3.8, 4) is 5.75 Å². The Morgan fingerprint density at radius 3 is 2.67 bits per heavy atom. The lowest BCUT2D eigenvalue weighted by molar-refractivity contribution is -0.113. The van der Waals surface area contributed by atoms with E-state index in [-0.39, 0.29) is 5.91 Å². The highest BCUT2D eigenvalue weighted by molar-refractivity contribution is 8.18. The van der Waals surface area contributed by atoms with Crippen molar-refractivity contribution in [2.24, 2.45) is 4.99 Å². The van der Waals surface area contributed by atoms with Crippen LogP contribution in [0.2, 0.25) is 0 Å². The molecule has 30 heavy (non-hydrogen) atoms. The highest BCUT2D eigenvalue weighted by atomic mass is 32.2. The Labute approximate surface area is 181 Å². The number of morpholine rings is 1. The number of amidine groups is 1. The Bertz CT molecular complexity index is 933. The van der Waals surface area contributed by atoms with Crippen molar-refractivity contribution in [3.05, 3.63) is 64.3 Å². The summed E-state index contributed by atoms with van der Waals surface area (Å²) in [7, 11) is 0. The minimum Gasteiger partial charge on any atom is -0.493 e. The number of aliphatic imine (C=N–C) groups is 1. The molecule has 0 radical (unpaired) electrons. The first kappa shape index (κ1) is 20.6. The maximum Gasteiger partial charge on any atom is 0.286 e. The van der Waals surface area contributed by atoms with Gasteiger partial charge < -0.3 is 14.4 Å². The molecule has 0 saturated carbocycles. The number of amides is 1. The van der Waals surface area contributed by atoms with Crippen LogP contribution in [-0.4, -0.2) is 53.9 Å². The van der Waals surface area contributed by atoms with E-state index in [1.807, 2.05) is 36.5 Å². The molecule has 0 aliphatic carbocycles. The van der Waals surface area contributed by atoms with E-state index in [2.05, 4.69) is 33.9 Å². The number of pyridine rings is 1. The van der Waals surface area contributed by atoms with Gasteiger partial charge in [-0.2, -0.15) is 4.99 Å². The van der Waals surface area contributed by atoms with E-state index in [1.54, 1.807) is 0 Å². The summed E-state index contributed by atoms with van der Waals surface area (Å²) in [5.74, 6) is 0.626. The van der Waals surface area contributed by atoms with Gasteiger partial charge in [-0.25, -0.2) is 0 Å². The zero-order valence-corrected chi connectivity index (χ0v) is 17.9. The second-order valence-corrected chi connectivity index (χ2v) is 8.10. The van der Waals surface area contributed by atoms with Gasteiger partial charge in [-0.1, -0.05) is 25.1 Å². The Hall–Kier alpha value is -2.64. The minimum atomic E-state index is -0.177. The molecule has 3 heterocycles. The summed E-state index contributed by atoms with van der Waals surface area (Å²) in [4.78, 5) is 23.7. The molecule has 1 aromatic heterocycles. The van der Waals surface area contributed by atoms with E-state index >= 15 is 0 Å². The first-order valence-electron chi connectivity index (χ1n) is 10.2. The van der Waals surface area contributed by atoms with Gasteiger partial charge in [0.2, 0.25) is 0 Å². The number of hydrogen-bond acceptors (Lipinski definition) is 6. The van der Waals surface area contributed by atoms with Crippen LogP contribution in [0.5, 0.6) is 5.75 Å². The van der Waals surface area contributed by atoms with Crippen LogP contribution in [0.4, 0.5) is 0 Å². The van der Waals surface area contributed by atoms with E-state index in [0.29, 0.717) is 24.7 Å². The fourth-order valence-corrected chi connectivity index (χ4v) is 4.15. The third-order valence-corrected chi connectivity index (χ3v) is 6.03. The van der Waals surface area contributed by atoms with E-state index in [1.165, 1.54) is 17.3 Å². The van der Waals surface area contributed by atoms with Gasteiger partial charge in [0.15, 0.2) is 5.17 Å². The van der Waals surface area contributed by atoms with Crippen LogP contribution in [0.3, 0.4) is 0 Å². The summed E-state index contributed by atoms with van der Waals surface area (Å²) >= 11 is 1.43. The minimum absolute atomic E-state index is 0.177. The van der Waals surface area contributed by atoms with Gasteiger partial charge in [0, 0.05) is 31.4 Å². The van der Waals surface area contributed by atoms with Gasteiger partial charge in [-0.3, -0.25) is 9.78 Å². The number of nitrogens with zero attached hydrogens (tertiary/aromatic N) is 3. The quantitative estimate of drug-likeness (QED) is 0.662. The van der Waals surface area contributed by atoms with Crippen LogP contribution in [0, 0.1) is 0 Å². The molecule has 2 aromatic rings. The third-order valence-electron chi connectivity index (χ3n) is 4.99. The predicted molar refractivity (Wildman–Crippen MR) is 120 cm³/mol. The lowest BCUT2D eigenvalue weighted by atomic mass is 10.2. The molecule has 1 fully saturated rings. The monoisotopic (exact) mass is 423 g/mol. The highest BCUT2D eigenvalue weighted by Gasteiger charge is 2.27. The average Bonchev–Trinajstić information content (AvgIpc) is 3.16. The second kappa shape index (κ2) is 9.91. The molecule has 2 aliphatic rings. The maximum atomic E-state index is 12.2. The lowest BCUT2D eigenvalue weighted by Gasteiger charge is -2.27. The first-order valence-corrected chi connectivity index (χ1v) is 11.0. The van der Waals surface area contributed by atoms with Gasteiger partial charge in [0.1, 0.15) is 5.75 Å². The van der Waals surface area contributed by atoms with E-state index in [0.717, 1.165) is 48.1 Å². The highest BCUT2D eigenvalue weighted by Crippen LogP contribution is 2.30. The number of rotatable bonds is 6. The summed E-state index contributed by atoms with van der Waals surface area (Å²) in [6, 6.07) is 11.9. The van der Waals surface area contributed by atoms with Crippen molar-refractivity contribution in [2.75, 3.05) is 32.9 Å². The number of aromatic nitrogens is 1. The molecule has 6 nitrogen and oxygen atoms in total. The Kier molecular flexibility index (Phi) is 6.81. The smallest absolute Gasteiger partial charge is 0.286 e. The van der Waals surface area contributed by atoms with Crippen molar-refractivity contribution >= 4 is 28.9 Å². The molecule has 0 atom stereocenters. The van der Waals surface area contributed by atoms with Crippen LogP contribution in [0.15, 0.2) is 52.5 Å². The summed E-state index contributed by atoms with van der Waals surface area (Å²) in [6.45, 7) is 5.59. The zero-order valence-electron chi connectivity index (χ0n) is 17.0.